The molecule has 3 rings (SSSR count). The van der Waals surface area contributed by atoms with Crippen LogP contribution in [0.1, 0.15) is 18.5 Å². The van der Waals surface area contributed by atoms with Crippen molar-refractivity contribution >= 4 is 11.0 Å². The molecule has 0 aliphatic heterocycles. The van der Waals surface area contributed by atoms with E-state index in [0.717, 1.165) is 22.4 Å². The van der Waals surface area contributed by atoms with Gasteiger partial charge in [-0.2, -0.15) is 0 Å². The molecule has 0 saturated carbocycles. The Bertz CT molecular complexity index is 685. The maximum Gasteiger partial charge on any atom is 0.143 e. The number of rotatable bonds is 2. The molecule has 2 aromatic heterocycles. The lowest BCUT2D eigenvalue weighted by Gasteiger charge is -2.12. The van der Waals surface area contributed by atoms with E-state index in [9.17, 15) is 0 Å². The Morgan fingerprint density at radius 3 is 2.78 bits per heavy atom. The van der Waals surface area contributed by atoms with Gasteiger partial charge in [0.1, 0.15) is 12.1 Å². The van der Waals surface area contributed by atoms with Gasteiger partial charge in [0.15, 0.2) is 0 Å². The monoisotopic (exact) mass is 238 g/mol. The normalized spacial score (nSPS) is 12.8. The molecule has 0 spiro atoms. The number of aromatic nitrogens is 3. The predicted molar refractivity (Wildman–Crippen MR) is 71.5 cm³/mol. The van der Waals surface area contributed by atoms with Crippen molar-refractivity contribution in [3.05, 3.63) is 54.5 Å². The van der Waals surface area contributed by atoms with Crippen LogP contribution in [0.5, 0.6) is 0 Å². The van der Waals surface area contributed by atoms with E-state index in [1.807, 2.05) is 47.9 Å². The van der Waals surface area contributed by atoms with Crippen molar-refractivity contribution in [2.24, 2.45) is 5.73 Å². The summed E-state index contributed by atoms with van der Waals surface area (Å²) in [6.45, 7) is 1.96. The fourth-order valence-corrected chi connectivity index (χ4v) is 2.09. The van der Waals surface area contributed by atoms with Gasteiger partial charge in [0, 0.05) is 17.8 Å². The van der Waals surface area contributed by atoms with Crippen LogP contribution in [0.4, 0.5) is 0 Å². The van der Waals surface area contributed by atoms with Gasteiger partial charge >= 0.3 is 0 Å². The maximum atomic E-state index is 5.99. The number of fused-ring (bicyclic) bond motifs is 1. The first-order valence-corrected chi connectivity index (χ1v) is 5.90. The molecular weight excluding hydrogens is 224 g/mol. The number of nitrogens with zero attached hydrogens (tertiary/aromatic N) is 3. The summed E-state index contributed by atoms with van der Waals surface area (Å²) < 4.78 is 1.98. The minimum atomic E-state index is -0.0603. The van der Waals surface area contributed by atoms with Crippen LogP contribution in [0.2, 0.25) is 0 Å². The van der Waals surface area contributed by atoms with Crippen molar-refractivity contribution in [3.8, 4) is 5.82 Å². The number of benzene rings is 1. The largest absolute Gasteiger partial charge is 0.324 e. The number of hydrogen-bond acceptors (Lipinski definition) is 3. The molecule has 0 bridgehead atoms. The molecular formula is C14H14N4. The van der Waals surface area contributed by atoms with Gasteiger partial charge in [-0.1, -0.05) is 18.2 Å². The minimum absolute atomic E-state index is 0.0603. The molecule has 3 aromatic rings. The minimum Gasteiger partial charge on any atom is -0.324 e. The van der Waals surface area contributed by atoms with E-state index < -0.39 is 0 Å². The van der Waals surface area contributed by atoms with Crippen molar-refractivity contribution in [1.29, 1.82) is 0 Å². The van der Waals surface area contributed by atoms with Gasteiger partial charge in [0.05, 0.1) is 11.0 Å². The van der Waals surface area contributed by atoms with Crippen molar-refractivity contribution in [3.63, 3.8) is 0 Å². The highest BCUT2D eigenvalue weighted by atomic mass is 15.1. The van der Waals surface area contributed by atoms with Gasteiger partial charge in [-0.3, -0.25) is 4.57 Å². The third kappa shape index (κ3) is 1.67. The molecule has 1 aromatic carbocycles. The number of pyridine rings is 1. The summed E-state index contributed by atoms with van der Waals surface area (Å²) in [4.78, 5) is 8.81. The van der Waals surface area contributed by atoms with Crippen LogP contribution in [-0.2, 0) is 0 Å². The summed E-state index contributed by atoms with van der Waals surface area (Å²) in [5, 5.41) is 0. The van der Waals surface area contributed by atoms with Gasteiger partial charge in [0.2, 0.25) is 0 Å². The second-order valence-corrected chi connectivity index (χ2v) is 4.31. The van der Waals surface area contributed by atoms with E-state index in [4.69, 9.17) is 5.73 Å². The molecule has 0 saturated heterocycles. The second kappa shape index (κ2) is 4.23. The molecule has 1 unspecified atom stereocenters. The summed E-state index contributed by atoms with van der Waals surface area (Å²) in [6, 6.07) is 11.8. The molecule has 0 radical (unpaired) electrons. The lowest BCUT2D eigenvalue weighted by Crippen LogP contribution is -2.10. The first kappa shape index (κ1) is 10.9. The Hall–Kier alpha value is -2.20. The highest BCUT2D eigenvalue weighted by Crippen LogP contribution is 2.22. The average molecular weight is 238 g/mol. The SMILES string of the molecule is CC(N)c1cccnc1-n1cnc2ccccc21. The molecule has 90 valence electrons. The number of imidazole rings is 1. The Kier molecular flexibility index (Phi) is 2.57. The van der Waals surface area contributed by atoms with Crippen LogP contribution in [0.25, 0.3) is 16.9 Å². The highest BCUT2D eigenvalue weighted by molar-refractivity contribution is 5.77. The fourth-order valence-electron chi connectivity index (χ4n) is 2.09. The summed E-state index contributed by atoms with van der Waals surface area (Å²) in [7, 11) is 0. The van der Waals surface area contributed by atoms with E-state index in [1.54, 1.807) is 12.5 Å². The predicted octanol–water partition coefficient (Wildman–Crippen LogP) is 2.44. The van der Waals surface area contributed by atoms with Crippen LogP contribution in [0.15, 0.2) is 48.9 Å². The highest BCUT2D eigenvalue weighted by Gasteiger charge is 2.11. The fraction of sp³-hybridized carbons (Fsp3) is 0.143. The Morgan fingerprint density at radius 1 is 1.11 bits per heavy atom. The third-order valence-corrected chi connectivity index (χ3v) is 2.99. The zero-order valence-corrected chi connectivity index (χ0v) is 10.1. The summed E-state index contributed by atoms with van der Waals surface area (Å²) >= 11 is 0. The molecule has 4 heteroatoms. The first-order chi connectivity index (χ1) is 8.77. The molecule has 18 heavy (non-hydrogen) atoms. The van der Waals surface area contributed by atoms with Gasteiger partial charge < -0.3 is 5.73 Å². The van der Waals surface area contributed by atoms with Crippen LogP contribution in [-0.4, -0.2) is 14.5 Å². The lowest BCUT2D eigenvalue weighted by atomic mass is 10.1. The number of nitrogens with two attached hydrogens (primary N) is 1. The number of hydrogen-bond donors (Lipinski definition) is 1. The van der Waals surface area contributed by atoms with Gasteiger partial charge in [-0.25, -0.2) is 9.97 Å². The molecule has 0 amide bonds. The first-order valence-electron chi connectivity index (χ1n) is 5.90. The van der Waals surface area contributed by atoms with Crippen molar-refractivity contribution < 1.29 is 0 Å². The van der Waals surface area contributed by atoms with Crippen molar-refractivity contribution in [2.45, 2.75) is 13.0 Å². The molecule has 0 fully saturated rings. The summed E-state index contributed by atoms with van der Waals surface area (Å²) in [5.41, 5.74) is 9.00. The van der Waals surface area contributed by atoms with Gasteiger partial charge in [0.25, 0.3) is 0 Å². The van der Waals surface area contributed by atoms with Crippen LogP contribution >= 0.6 is 0 Å². The van der Waals surface area contributed by atoms with E-state index >= 15 is 0 Å². The third-order valence-electron chi connectivity index (χ3n) is 2.99. The van der Waals surface area contributed by atoms with Gasteiger partial charge in [-0.15, -0.1) is 0 Å². The Labute approximate surface area is 105 Å². The summed E-state index contributed by atoms with van der Waals surface area (Å²) in [5.74, 6) is 0.848. The molecule has 0 aliphatic carbocycles. The zero-order chi connectivity index (χ0) is 12.5. The Morgan fingerprint density at radius 2 is 1.94 bits per heavy atom. The molecule has 0 aliphatic rings. The maximum absolute atomic E-state index is 5.99. The van der Waals surface area contributed by atoms with E-state index in [1.165, 1.54) is 0 Å². The van der Waals surface area contributed by atoms with Crippen LogP contribution in [0.3, 0.4) is 0 Å². The van der Waals surface area contributed by atoms with E-state index in [-0.39, 0.29) is 6.04 Å². The molecule has 2 heterocycles. The Balaban J connectivity index is 2.27. The molecule has 1 atom stereocenters. The quantitative estimate of drug-likeness (QED) is 0.746. The standard InChI is InChI=1S/C14H14N4/c1-10(15)11-5-4-8-16-14(11)18-9-17-12-6-2-3-7-13(12)18/h2-10H,15H2,1H3. The number of para-hydroxylation sites is 2. The topological polar surface area (TPSA) is 56.7 Å². The van der Waals surface area contributed by atoms with E-state index in [2.05, 4.69) is 9.97 Å². The lowest BCUT2D eigenvalue weighted by molar-refractivity contribution is 0.794. The van der Waals surface area contributed by atoms with Gasteiger partial charge in [-0.05, 0) is 25.1 Å². The molecule has 4 nitrogen and oxygen atoms in total. The van der Waals surface area contributed by atoms with Crippen LogP contribution in [0, 0.1) is 0 Å². The van der Waals surface area contributed by atoms with E-state index in [0.29, 0.717) is 0 Å². The average Bonchev–Trinajstić information content (AvgIpc) is 2.82. The van der Waals surface area contributed by atoms with Crippen molar-refractivity contribution in [2.75, 3.05) is 0 Å². The summed E-state index contributed by atoms with van der Waals surface area (Å²) in [6.07, 6.45) is 3.56. The van der Waals surface area contributed by atoms with Crippen molar-refractivity contribution in [1.82, 2.24) is 14.5 Å². The zero-order valence-electron chi connectivity index (χ0n) is 10.1. The second-order valence-electron chi connectivity index (χ2n) is 4.31. The smallest absolute Gasteiger partial charge is 0.143 e. The molecule has 2 N–H and O–H groups in total. The van der Waals surface area contributed by atoms with Crippen LogP contribution < -0.4 is 5.73 Å².